The smallest absolute Gasteiger partial charge is 0.417 e. The number of hydrogen-bond acceptors (Lipinski definition) is 8. The fraction of sp³-hybridized carbons (Fsp3) is 0.733. The highest BCUT2D eigenvalue weighted by Crippen LogP contribution is 2.26. The fourth-order valence-electron chi connectivity index (χ4n) is 1.87. The number of amides is 1. The van der Waals surface area contributed by atoms with Crippen molar-refractivity contribution in [3.8, 4) is 6.08 Å². The van der Waals surface area contributed by atoms with Gasteiger partial charge in [0.15, 0.2) is 0 Å². The SMILES string of the molecule is CC(C)CC(NC(=O)OCC(Cl)(Cl)Cl)C(=O)c1noc(OCCN(C)C)n1. The number of ether oxygens (including phenoxy) is 2. The van der Waals surface area contributed by atoms with Crippen LogP contribution in [0.4, 0.5) is 4.79 Å². The third-order valence-corrected chi connectivity index (χ3v) is 3.40. The lowest BCUT2D eigenvalue weighted by Crippen LogP contribution is -2.43. The zero-order valence-electron chi connectivity index (χ0n) is 15.5. The number of carbonyl (C=O) groups is 2. The molecule has 1 amide bonds. The van der Waals surface area contributed by atoms with Gasteiger partial charge in [-0.2, -0.15) is 0 Å². The molecule has 0 aliphatic carbocycles. The van der Waals surface area contributed by atoms with Gasteiger partial charge in [-0.05, 0) is 31.6 Å². The molecule has 0 aromatic carbocycles. The van der Waals surface area contributed by atoms with Crippen molar-refractivity contribution in [1.82, 2.24) is 20.4 Å². The predicted molar refractivity (Wildman–Crippen MR) is 101 cm³/mol. The molecule has 0 saturated heterocycles. The van der Waals surface area contributed by atoms with E-state index < -0.39 is 28.3 Å². The number of nitrogens with zero attached hydrogens (tertiary/aromatic N) is 3. The van der Waals surface area contributed by atoms with Crippen molar-refractivity contribution >= 4 is 46.7 Å². The van der Waals surface area contributed by atoms with Crippen molar-refractivity contribution < 1.29 is 23.6 Å². The van der Waals surface area contributed by atoms with Crippen molar-refractivity contribution in [3.63, 3.8) is 0 Å². The lowest BCUT2D eigenvalue weighted by Gasteiger charge is -2.19. The zero-order chi connectivity index (χ0) is 20.6. The lowest BCUT2D eigenvalue weighted by molar-refractivity contribution is 0.0895. The minimum atomic E-state index is -1.75. The highest BCUT2D eigenvalue weighted by atomic mass is 35.6. The first kappa shape index (κ1) is 23.7. The van der Waals surface area contributed by atoms with Gasteiger partial charge in [0.1, 0.15) is 13.2 Å². The monoisotopic (exact) mass is 444 g/mol. The van der Waals surface area contributed by atoms with Crippen LogP contribution in [-0.2, 0) is 4.74 Å². The van der Waals surface area contributed by atoms with Gasteiger partial charge >= 0.3 is 12.2 Å². The average Bonchev–Trinajstić information content (AvgIpc) is 2.99. The summed E-state index contributed by atoms with van der Waals surface area (Å²) in [7, 11) is 3.77. The molecule has 1 rings (SSSR count). The Bertz CT molecular complexity index is 619. The van der Waals surface area contributed by atoms with Gasteiger partial charge in [0.25, 0.3) is 0 Å². The summed E-state index contributed by atoms with van der Waals surface area (Å²) in [4.78, 5) is 30.3. The van der Waals surface area contributed by atoms with E-state index in [1.807, 2.05) is 32.8 Å². The van der Waals surface area contributed by atoms with Gasteiger partial charge < -0.3 is 19.7 Å². The van der Waals surface area contributed by atoms with Crippen molar-refractivity contribution in [2.75, 3.05) is 33.9 Å². The molecule has 0 saturated carbocycles. The Hall–Kier alpha value is -1.29. The van der Waals surface area contributed by atoms with Crippen molar-refractivity contribution in [2.45, 2.75) is 30.1 Å². The summed E-state index contributed by atoms with van der Waals surface area (Å²) < 4.78 is 13.2. The molecule has 0 bridgehead atoms. The molecule has 1 unspecified atom stereocenters. The number of hydrogen-bond donors (Lipinski definition) is 1. The molecular weight excluding hydrogens is 423 g/mol. The Morgan fingerprint density at radius 1 is 1.30 bits per heavy atom. The Labute approximate surface area is 172 Å². The van der Waals surface area contributed by atoms with E-state index in [1.54, 1.807) is 0 Å². The van der Waals surface area contributed by atoms with Gasteiger partial charge in [-0.1, -0.05) is 48.7 Å². The maximum atomic E-state index is 12.6. The molecule has 0 radical (unpaired) electrons. The molecular formula is C15H23Cl3N4O5. The van der Waals surface area contributed by atoms with Gasteiger partial charge in [-0.15, -0.1) is 4.98 Å². The molecule has 1 aromatic heterocycles. The van der Waals surface area contributed by atoms with Crippen LogP contribution < -0.4 is 10.1 Å². The summed E-state index contributed by atoms with van der Waals surface area (Å²) in [6, 6.07) is -0.930. The van der Waals surface area contributed by atoms with Crippen LogP contribution in [0.2, 0.25) is 0 Å². The predicted octanol–water partition coefficient (Wildman–Crippen LogP) is 2.70. The van der Waals surface area contributed by atoms with Crippen LogP contribution in [0.1, 0.15) is 30.9 Å². The summed E-state index contributed by atoms with van der Waals surface area (Å²) in [5.74, 6) is -0.655. The Balaban J connectivity index is 2.71. The number of alkyl halides is 3. The van der Waals surface area contributed by atoms with Crippen LogP contribution in [0.5, 0.6) is 6.08 Å². The fourth-order valence-corrected chi connectivity index (χ4v) is 2.04. The number of likely N-dealkylation sites (N-methyl/N-ethyl adjacent to an activating group) is 1. The molecule has 1 heterocycles. The van der Waals surface area contributed by atoms with Crippen LogP contribution >= 0.6 is 34.8 Å². The molecule has 9 nitrogen and oxygen atoms in total. The second-order valence-corrected chi connectivity index (χ2v) is 8.93. The van der Waals surface area contributed by atoms with Gasteiger partial charge in [0, 0.05) is 6.54 Å². The zero-order valence-corrected chi connectivity index (χ0v) is 17.8. The molecule has 1 aromatic rings. The third-order valence-electron chi connectivity index (χ3n) is 3.07. The van der Waals surface area contributed by atoms with Gasteiger partial charge in [0.2, 0.25) is 15.4 Å². The maximum Gasteiger partial charge on any atom is 0.417 e. The topological polar surface area (TPSA) is 107 Å². The number of rotatable bonds is 10. The summed E-state index contributed by atoms with van der Waals surface area (Å²) in [5, 5.41) is 6.04. The highest BCUT2D eigenvalue weighted by molar-refractivity contribution is 6.67. The van der Waals surface area contributed by atoms with E-state index >= 15 is 0 Å². The summed E-state index contributed by atoms with van der Waals surface area (Å²) >= 11 is 16.6. The van der Waals surface area contributed by atoms with Crippen LogP contribution in [0.15, 0.2) is 4.52 Å². The standard InChI is InChI=1S/C15H23Cl3N4O5/c1-9(2)7-10(19-13(24)26-8-15(16,17)18)11(23)12-20-14(27-21-12)25-6-5-22(3)4/h9-10H,5-8H2,1-4H3,(H,19,24). The number of alkyl carbamates (subject to hydrolysis) is 1. The molecule has 0 fully saturated rings. The van der Waals surface area contributed by atoms with Gasteiger partial charge in [-0.25, -0.2) is 4.79 Å². The largest absolute Gasteiger partial charge is 0.447 e. The second-order valence-electron chi connectivity index (χ2n) is 6.42. The molecule has 27 heavy (non-hydrogen) atoms. The number of halogens is 3. The summed E-state index contributed by atoms with van der Waals surface area (Å²) in [6.07, 6.45) is -0.693. The molecule has 0 aliphatic heterocycles. The van der Waals surface area contributed by atoms with Crippen LogP contribution in [0.25, 0.3) is 0 Å². The number of carbonyl (C=O) groups excluding carboxylic acids is 2. The number of nitrogens with one attached hydrogen (secondary N) is 1. The van der Waals surface area contributed by atoms with Gasteiger partial charge in [-0.3, -0.25) is 9.32 Å². The van der Waals surface area contributed by atoms with E-state index in [4.69, 9.17) is 48.8 Å². The summed E-state index contributed by atoms with van der Waals surface area (Å²) in [6.45, 7) is 4.28. The molecule has 154 valence electrons. The average molecular weight is 446 g/mol. The van der Waals surface area contributed by atoms with E-state index in [0.717, 1.165) is 0 Å². The van der Waals surface area contributed by atoms with Crippen molar-refractivity contribution in [2.24, 2.45) is 5.92 Å². The number of aromatic nitrogens is 2. The minimum absolute atomic E-state index is 0.0927. The maximum absolute atomic E-state index is 12.6. The summed E-state index contributed by atoms with van der Waals surface area (Å²) in [5.41, 5.74) is 0. The second kappa shape index (κ2) is 10.9. The Kier molecular flexibility index (Phi) is 9.58. The normalized spacial score (nSPS) is 12.9. The van der Waals surface area contributed by atoms with Gasteiger partial charge in [0.05, 0.1) is 6.04 Å². The van der Waals surface area contributed by atoms with E-state index in [1.165, 1.54) is 0 Å². The first-order chi connectivity index (χ1) is 12.5. The van der Waals surface area contributed by atoms with Crippen LogP contribution in [0, 0.1) is 5.92 Å². The first-order valence-electron chi connectivity index (χ1n) is 8.13. The van der Waals surface area contributed by atoms with E-state index in [-0.39, 0.29) is 17.8 Å². The van der Waals surface area contributed by atoms with E-state index in [2.05, 4.69) is 15.5 Å². The molecule has 1 N–H and O–H groups in total. The number of Topliss-reactive ketones (excluding diaryl/α,β-unsaturated/α-hetero) is 1. The highest BCUT2D eigenvalue weighted by Gasteiger charge is 2.29. The third kappa shape index (κ3) is 9.99. The van der Waals surface area contributed by atoms with Crippen LogP contribution in [-0.4, -0.2) is 70.6 Å². The molecule has 1 atom stereocenters. The lowest BCUT2D eigenvalue weighted by atomic mass is 10.00. The quantitative estimate of drug-likeness (QED) is 0.433. The Morgan fingerprint density at radius 3 is 2.52 bits per heavy atom. The van der Waals surface area contributed by atoms with E-state index in [0.29, 0.717) is 19.6 Å². The van der Waals surface area contributed by atoms with Crippen LogP contribution in [0.3, 0.4) is 0 Å². The first-order valence-corrected chi connectivity index (χ1v) is 9.26. The molecule has 12 heteroatoms. The minimum Gasteiger partial charge on any atom is -0.447 e. The molecule has 0 aliphatic rings. The van der Waals surface area contributed by atoms with Crippen molar-refractivity contribution in [1.29, 1.82) is 0 Å². The van der Waals surface area contributed by atoms with E-state index in [9.17, 15) is 9.59 Å². The molecule has 0 spiro atoms. The number of ketones is 1. The Morgan fingerprint density at radius 2 is 1.96 bits per heavy atom. The van der Waals surface area contributed by atoms with Crippen molar-refractivity contribution in [3.05, 3.63) is 5.82 Å².